The first-order valence-corrected chi connectivity index (χ1v) is 6.22. The molecular formula is C13H19NO4. The normalized spacial score (nSPS) is 10.6. The van der Waals surface area contributed by atoms with Crippen LogP contribution in [0.5, 0.6) is 0 Å². The van der Waals surface area contributed by atoms with Gasteiger partial charge in [-0.05, 0) is 24.8 Å². The zero-order valence-corrected chi connectivity index (χ0v) is 10.8. The molecule has 0 atom stereocenters. The number of aldehydes is 1. The van der Waals surface area contributed by atoms with Gasteiger partial charge in [0.2, 0.25) is 0 Å². The summed E-state index contributed by atoms with van der Waals surface area (Å²) in [5, 5.41) is 19.0. The fourth-order valence-corrected chi connectivity index (χ4v) is 2.18. The Morgan fingerprint density at radius 2 is 2.00 bits per heavy atom. The van der Waals surface area contributed by atoms with Gasteiger partial charge in [0.1, 0.15) is 0 Å². The summed E-state index contributed by atoms with van der Waals surface area (Å²) in [7, 11) is 0. The Kier molecular flexibility index (Phi) is 4.95. The molecule has 1 aromatic heterocycles. The number of carbonyl (C=O) groups excluding carboxylic acids is 1. The van der Waals surface area contributed by atoms with Crippen molar-refractivity contribution in [3.8, 4) is 0 Å². The van der Waals surface area contributed by atoms with Gasteiger partial charge in [0, 0.05) is 5.56 Å². The Hall–Kier alpha value is -1.78. The van der Waals surface area contributed by atoms with Crippen LogP contribution in [0.15, 0.2) is 0 Å². The molecule has 0 radical (unpaired) electrons. The van der Waals surface area contributed by atoms with E-state index >= 15 is 0 Å². The summed E-state index contributed by atoms with van der Waals surface area (Å²) in [6.07, 6.45) is 4.38. The molecule has 0 aliphatic rings. The molecule has 2 N–H and O–H groups in total. The highest BCUT2D eigenvalue weighted by atomic mass is 16.5. The second kappa shape index (κ2) is 6.23. The number of carboxylic acids is 1. The average Bonchev–Trinajstić information content (AvgIpc) is 2.62. The number of hydrogen-bond donors (Lipinski definition) is 2. The Morgan fingerprint density at radius 1 is 1.33 bits per heavy atom. The number of nitrogens with zero attached hydrogens (tertiary/aromatic N) is 1. The lowest BCUT2D eigenvalue weighted by Crippen LogP contribution is -2.09. The standard InChI is InChI=1S/C13H19NO4/c1-3-5-6-7-11-10(8-15)9(4-2)12(13(16)17)14(11)18/h8,18H,3-7H2,1-2H3,(H,16,17). The Bertz CT molecular complexity index is 448. The number of hydrogen-bond acceptors (Lipinski definition) is 3. The van der Waals surface area contributed by atoms with Crippen molar-refractivity contribution < 1.29 is 19.9 Å². The summed E-state index contributed by atoms with van der Waals surface area (Å²) < 4.78 is 0.667. The van der Waals surface area contributed by atoms with Gasteiger partial charge in [0.25, 0.3) is 0 Å². The van der Waals surface area contributed by atoms with E-state index in [0.29, 0.717) is 40.7 Å². The number of aromatic carboxylic acids is 1. The number of carboxylic acid groups (broad SMARTS) is 1. The van der Waals surface area contributed by atoms with Crippen LogP contribution in [0.2, 0.25) is 0 Å². The second-order valence-electron chi connectivity index (χ2n) is 4.23. The second-order valence-corrected chi connectivity index (χ2v) is 4.23. The van der Waals surface area contributed by atoms with E-state index in [2.05, 4.69) is 6.92 Å². The van der Waals surface area contributed by atoms with Gasteiger partial charge >= 0.3 is 5.97 Å². The Balaban J connectivity index is 3.23. The maximum absolute atomic E-state index is 11.1. The predicted octanol–water partition coefficient (Wildman–Crippen LogP) is 2.53. The molecule has 0 saturated carbocycles. The molecule has 0 bridgehead atoms. The first kappa shape index (κ1) is 14.3. The van der Waals surface area contributed by atoms with Crippen molar-refractivity contribution in [3.05, 3.63) is 22.5 Å². The topological polar surface area (TPSA) is 79.5 Å². The number of rotatable bonds is 7. The van der Waals surface area contributed by atoms with Crippen LogP contribution in [0, 0.1) is 0 Å². The third-order valence-corrected chi connectivity index (χ3v) is 3.08. The van der Waals surface area contributed by atoms with E-state index in [1.54, 1.807) is 6.92 Å². The molecule has 100 valence electrons. The number of unbranched alkanes of at least 4 members (excludes halogenated alkanes) is 2. The third kappa shape index (κ3) is 2.55. The minimum atomic E-state index is -1.21. The third-order valence-electron chi connectivity index (χ3n) is 3.08. The molecule has 0 amide bonds. The zero-order valence-electron chi connectivity index (χ0n) is 10.8. The van der Waals surface area contributed by atoms with E-state index in [1.807, 2.05) is 0 Å². The van der Waals surface area contributed by atoms with Crippen molar-refractivity contribution in [2.24, 2.45) is 0 Å². The summed E-state index contributed by atoms with van der Waals surface area (Å²) >= 11 is 0. The zero-order chi connectivity index (χ0) is 13.7. The molecule has 1 aromatic rings. The maximum atomic E-state index is 11.1. The van der Waals surface area contributed by atoms with Crippen molar-refractivity contribution in [3.63, 3.8) is 0 Å². The fraction of sp³-hybridized carbons (Fsp3) is 0.538. The summed E-state index contributed by atoms with van der Waals surface area (Å²) in [6.45, 7) is 3.82. The van der Waals surface area contributed by atoms with Crippen LogP contribution in [0.4, 0.5) is 0 Å². The van der Waals surface area contributed by atoms with Crippen LogP contribution < -0.4 is 0 Å². The SMILES string of the molecule is CCCCCc1c(C=O)c(CC)c(C(=O)O)n1O. The Labute approximate surface area is 106 Å². The lowest BCUT2D eigenvalue weighted by Gasteiger charge is -2.03. The first-order valence-electron chi connectivity index (χ1n) is 6.22. The highest BCUT2D eigenvalue weighted by Gasteiger charge is 2.25. The van der Waals surface area contributed by atoms with Gasteiger partial charge in [-0.1, -0.05) is 26.7 Å². The maximum Gasteiger partial charge on any atom is 0.356 e. The van der Waals surface area contributed by atoms with Crippen LogP contribution in [0.1, 0.15) is 65.2 Å². The predicted molar refractivity (Wildman–Crippen MR) is 66.6 cm³/mol. The van der Waals surface area contributed by atoms with E-state index in [9.17, 15) is 14.8 Å². The quantitative estimate of drug-likeness (QED) is 0.444. The van der Waals surface area contributed by atoms with E-state index in [4.69, 9.17) is 5.11 Å². The highest BCUT2D eigenvalue weighted by Crippen LogP contribution is 2.23. The van der Waals surface area contributed by atoms with E-state index in [1.165, 1.54) is 0 Å². The van der Waals surface area contributed by atoms with E-state index in [-0.39, 0.29) is 5.69 Å². The van der Waals surface area contributed by atoms with E-state index in [0.717, 1.165) is 19.3 Å². The molecule has 0 saturated heterocycles. The van der Waals surface area contributed by atoms with Gasteiger partial charge in [-0.25, -0.2) is 4.79 Å². The van der Waals surface area contributed by atoms with Crippen LogP contribution in [-0.4, -0.2) is 27.3 Å². The van der Waals surface area contributed by atoms with Gasteiger partial charge in [0.15, 0.2) is 12.0 Å². The van der Waals surface area contributed by atoms with Crippen LogP contribution in [0.3, 0.4) is 0 Å². The van der Waals surface area contributed by atoms with Crippen molar-refractivity contribution >= 4 is 12.3 Å². The van der Waals surface area contributed by atoms with Crippen LogP contribution in [0.25, 0.3) is 0 Å². The molecule has 0 aliphatic carbocycles. The van der Waals surface area contributed by atoms with Crippen molar-refractivity contribution in [2.75, 3.05) is 0 Å². The molecule has 0 aliphatic heterocycles. The molecule has 1 rings (SSSR count). The lowest BCUT2D eigenvalue weighted by molar-refractivity contribution is 0.0638. The molecule has 0 aromatic carbocycles. The van der Waals surface area contributed by atoms with E-state index < -0.39 is 5.97 Å². The van der Waals surface area contributed by atoms with Gasteiger partial charge in [-0.2, -0.15) is 4.73 Å². The molecule has 0 unspecified atom stereocenters. The highest BCUT2D eigenvalue weighted by molar-refractivity contribution is 5.93. The molecular weight excluding hydrogens is 234 g/mol. The van der Waals surface area contributed by atoms with Crippen LogP contribution in [-0.2, 0) is 12.8 Å². The summed E-state index contributed by atoms with van der Waals surface area (Å²) in [5.74, 6) is -1.21. The monoisotopic (exact) mass is 253 g/mol. The largest absolute Gasteiger partial charge is 0.476 e. The molecule has 1 heterocycles. The minimum Gasteiger partial charge on any atom is -0.476 e. The minimum absolute atomic E-state index is 0.189. The first-order chi connectivity index (χ1) is 8.58. The Morgan fingerprint density at radius 3 is 2.44 bits per heavy atom. The van der Waals surface area contributed by atoms with Gasteiger partial charge < -0.3 is 10.3 Å². The smallest absolute Gasteiger partial charge is 0.356 e. The summed E-state index contributed by atoms with van der Waals surface area (Å²) in [4.78, 5) is 22.2. The van der Waals surface area contributed by atoms with Crippen LogP contribution >= 0.6 is 0 Å². The number of aromatic nitrogens is 1. The lowest BCUT2D eigenvalue weighted by atomic mass is 10.0. The molecule has 5 heteroatoms. The van der Waals surface area contributed by atoms with Crippen molar-refractivity contribution in [1.82, 2.24) is 4.73 Å². The summed E-state index contributed by atoms with van der Waals surface area (Å²) in [6, 6.07) is 0. The van der Waals surface area contributed by atoms with Gasteiger partial charge in [0.05, 0.1) is 5.69 Å². The summed E-state index contributed by atoms with van der Waals surface area (Å²) in [5.41, 5.74) is 0.957. The van der Waals surface area contributed by atoms with Crippen molar-refractivity contribution in [1.29, 1.82) is 0 Å². The molecule has 0 fully saturated rings. The molecule has 5 nitrogen and oxygen atoms in total. The molecule has 0 spiro atoms. The van der Waals surface area contributed by atoms with Gasteiger partial charge in [-0.15, -0.1) is 0 Å². The van der Waals surface area contributed by atoms with Crippen molar-refractivity contribution in [2.45, 2.75) is 46.0 Å². The number of carbonyl (C=O) groups is 2. The van der Waals surface area contributed by atoms with Gasteiger partial charge in [-0.3, -0.25) is 4.79 Å². The fourth-order valence-electron chi connectivity index (χ4n) is 2.18. The average molecular weight is 253 g/mol. The molecule has 18 heavy (non-hydrogen) atoms.